The number of rotatable bonds is 10. The molecule has 3 aliphatic carbocycles. The first-order valence-corrected chi connectivity index (χ1v) is 11.1. The average Bonchev–Trinajstić information content (AvgIpc) is 2.70. The summed E-state index contributed by atoms with van der Waals surface area (Å²) >= 11 is 0. The van der Waals surface area contributed by atoms with Crippen LogP contribution in [0.15, 0.2) is 36.4 Å². The van der Waals surface area contributed by atoms with Gasteiger partial charge < -0.3 is 4.74 Å². The third-order valence-electron chi connectivity index (χ3n) is 7.15. The van der Waals surface area contributed by atoms with Gasteiger partial charge in [0.1, 0.15) is 12.4 Å². The smallest absolute Gasteiger partial charge is 0.119 e. The molecule has 1 aromatic carbocycles. The lowest BCUT2D eigenvalue weighted by Crippen LogP contribution is -2.44. The molecule has 3 saturated carbocycles. The van der Waals surface area contributed by atoms with Gasteiger partial charge in [0.2, 0.25) is 0 Å². The Hall–Kier alpha value is -1.24. The van der Waals surface area contributed by atoms with Crippen molar-refractivity contribution in [3.8, 4) is 5.75 Å². The van der Waals surface area contributed by atoms with Crippen LogP contribution < -0.4 is 4.74 Å². The molecule has 4 rings (SSSR count). The Morgan fingerprint density at radius 1 is 0.846 bits per heavy atom. The summed E-state index contributed by atoms with van der Waals surface area (Å²) in [5.41, 5.74) is 2.73. The van der Waals surface area contributed by atoms with Gasteiger partial charge in [-0.3, -0.25) is 0 Å². The second-order valence-electron chi connectivity index (χ2n) is 8.83. The van der Waals surface area contributed by atoms with Crippen LogP contribution >= 0.6 is 0 Å². The minimum atomic E-state index is 0.464. The normalized spacial score (nSPS) is 27.9. The second-order valence-corrected chi connectivity index (χ2v) is 8.83. The summed E-state index contributed by atoms with van der Waals surface area (Å²) in [6.07, 6.45) is 21.0. The van der Waals surface area contributed by atoms with Crippen LogP contribution in [0, 0.1) is 5.41 Å². The molecule has 0 amide bonds. The standard InChI is InChI=1S/C25H38O/c1-3-5-7-9-21-26-23-12-10-22(11-13-23)25-18-15-24(16-19-25,17-20-25)14-8-6-4-2/h7,9-13H,3-6,8,14-21H2,1-2H3. The summed E-state index contributed by atoms with van der Waals surface area (Å²) < 4.78 is 5.86. The Labute approximate surface area is 161 Å². The second kappa shape index (κ2) is 9.11. The number of hydrogen-bond donors (Lipinski definition) is 0. The van der Waals surface area contributed by atoms with E-state index in [4.69, 9.17) is 4.74 Å². The van der Waals surface area contributed by atoms with Gasteiger partial charge in [-0.25, -0.2) is 0 Å². The highest BCUT2D eigenvalue weighted by atomic mass is 16.5. The molecule has 2 bridgehead atoms. The molecule has 3 aliphatic rings. The van der Waals surface area contributed by atoms with Gasteiger partial charge in [0.15, 0.2) is 0 Å². The maximum Gasteiger partial charge on any atom is 0.119 e. The molecule has 144 valence electrons. The van der Waals surface area contributed by atoms with Gasteiger partial charge in [0, 0.05) is 0 Å². The highest BCUT2D eigenvalue weighted by Gasteiger charge is 2.48. The van der Waals surface area contributed by atoms with Crippen molar-refractivity contribution >= 4 is 0 Å². The third kappa shape index (κ3) is 4.53. The summed E-state index contributed by atoms with van der Waals surface area (Å²) in [7, 11) is 0. The molecular formula is C25H38O. The van der Waals surface area contributed by atoms with E-state index in [-0.39, 0.29) is 0 Å². The number of benzene rings is 1. The van der Waals surface area contributed by atoms with Crippen molar-refractivity contribution in [1.29, 1.82) is 0 Å². The van der Waals surface area contributed by atoms with Crippen molar-refractivity contribution < 1.29 is 4.74 Å². The van der Waals surface area contributed by atoms with Crippen LogP contribution in [0.5, 0.6) is 5.75 Å². The number of fused-ring (bicyclic) bond motifs is 3. The number of hydrogen-bond acceptors (Lipinski definition) is 1. The lowest BCUT2D eigenvalue weighted by molar-refractivity contribution is 0.0305. The van der Waals surface area contributed by atoms with Crippen LogP contribution in [0.3, 0.4) is 0 Å². The fourth-order valence-corrected chi connectivity index (χ4v) is 5.22. The zero-order valence-electron chi connectivity index (χ0n) is 17.1. The van der Waals surface area contributed by atoms with Crippen molar-refractivity contribution in [2.24, 2.45) is 5.41 Å². The van der Waals surface area contributed by atoms with Gasteiger partial charge >= 0.3 is 0 Å². The summed E-state index contributed by atoms with van der Waals surface area (Å²) in [6.45, 7) is 5.21. The van der Waals surface area contributed by atoms with Gasteiger partial charge in [-0.15, -0.1) is 0 Å². The van der Waals surface area contributed by atoms with Crippen molar-refractivity contribution in [3.63, 3.8) is 0 Å². The summed E-state index contributed by atoms with van der Waals surface area (Å²) in [5, 5.41) is 0. The van der Waals surface area contributed by atoms with Gasteiger partial charge in [-0.2, -0.15) is 0 Å². The minimum absolute atomic E-state index is 0.464. The molecule has 0 N–H and O–H groups in total. The van der Waals surface area contributed by atoms with E-state index < -0.39 is 0 Å². The minimum Gasteiger partial charge on any atom is -0.490 e. The zero-order valence-corrected chi connectivity index (χ0v) is 17.1. The van der Waals surface area contributed by atoms with Crippen molar-refractivity contribution in [2.75, 3.05) is 6.61 Å². The number of ether oxygens (including phenoxy) is 1. The van der Waals surface area contributed by atoms with E-state index in [1.165, 1.54) is 70.6 Å². The Morgan fingerprint density at radius 2 is 1.54 bits per heavy atom. The highest BCUT2D eigenvalue weighted by Crippen LogP contribution is 2.59. The molecule has 0 aliphatic heterocycles. The van der Waals surface area contributed by atoms with Crippen LogP contribution in [-0.2, 0) is 5.41 Å². The monoisotopic (exact) mass is 354 g/mol. The zero-order chi connectivity index (χ0) is 18.3. The Morgan fingerprint density at radius 3 is 2.15 bits per heavy atom. The third-order valence-corrected chi connectivity index (χ3v) is 7.15. The maximum atomic E-state index is 5.86. The van der Waals surface area contributed by atoms with Crippen LogP contribution in [0.2, 0.25) is 0 Å². The molecule has 0 unspecified atom stereocenters. The lowest BCUT2D eigenvalue weighted by atomic mass is 9.51. The average molecular weight is 355 g/mol. The molecule has 1 nitrogen and oxygen atoms in total. The molecule has 0 heterocycles. The summed E-state index contributed by atoms with van der Waals surface area (Å²) in [6, 6.07) is 9.08. The predicted octanol–water partition coefficient (Wildman–Crippen LogP) is 7.59. The quantitative estimate of drug-likeness (QED) is 0.310. The van der Waals surface area contributed by atoms with Crippen LogP contribution in [0.25, 0.3) is 0 Å². The lowest BCUT2D eigenvalue weighted by Gasteiger charge is -2.54. The SMILES string of the molecule is CCCC=CCOc1ccc(C23CCC(CCCCC)(CC2)CC3)cc1. The van der Waals surface area contributed by atoms with E-state index in [2.05, 4.69) is 50.3 Å². The molecule has 0 atom stereocenters. The molecule has 0 aromatic heterocycles. The van der Waals surface area contributed by atoms with E-state index in [1.54, 1.807) is 5.56 Å². The van der Waals surface area contributed by atoms with Crippen molar-refractivity contribution in [3.05, 3.63) is 42.0 Å². The molecule has 3 fully saturated rings. The first kappa shape index (κ1) is 19.5. The highest BCUT2D eigenvalue weighted by molar-refractivity contribution is 5.34. The molecular weight excluding hydrogens is 316 g/mol. The molecule has 0 saturated heterocycles. The topological polar surface area (TPSA) is 9.23 Å². The van der Waals surface area contributed by atoms with E-state index in [9.17, 15) is 0 Å². The van der Waals surface area contributed by atoms with Gasteiger partial charge in [-0.05, 0) is 79.9 Å². The van der Waals surface area contributed by atoms with Crippen LogP contribution in [-0.4, -0.2) is 6.61 Å². The van der Waals surface area contributed by atoms with E-state index in [0.717, 1.165) is 12.2 Å². The fraction of sp³-hybridized carbons (Fsp3) is 0.680. The van der Waals surface area contributed by atoms with Gasteiger partial charge in [0.25, 0.3) is 0 Å². The first-order chi connectivity index (χ1) is 12.7. The Bertz CT molecular complexity index is 544. The molecule has 1 aromatic rings. The first-order valence-electron chi connectivity index (χ1n) is 11.1. The largest absolute Gasteiger partial charge is 0.490 e. The van der Waals surface area contributed by atoms with E-state index in [0.29, 0.717) is 17.4 Å². The van der Waals surface area contributed by atoms with Crippen molar-refractivity contribution in [2.45, 2.75) is 96.3 Å². The Kier molecular flexibility index (Phi) is 6.84. The van der Waals surface area contributed by atoms with E-state index >= 15 is 0 Å². The fourth-order valence-electron chi connectivity index (χ4n) is 5.22. The predicted molar refractivity (Wildman–Crippen MR) is 112 cm³/mol. The maximum absolute atomic E-state index is 5.86. The van der Waals surface area contributed by atoms with Crippen molar-refractivity contribution in [1.82, 2.24) is 0 Å². The number of unbranched alkanes of at least 4 members (excludes halogenated alkanes) is 3. The molecule has 0 radical (unpaired) electrons. The molecule has 26 heavy (non-hydrogen) atoms. The summed E-state index contributed by atoms with van der Waals surface area (Å²) in [5.74, 6) is 1.01. The van der Waals surface area contributed by atoms with Gasteiger partial charge in [0.05, 0.1) is 0 Å². The Balaban J connectivity index is 1.54. The van der Waals surface area contributed by atoms with E-state index in [1.807, 2.05) is 0 Å². The van der Waals surface area contributed by atoms with Gasteiger partial charge in [-0.1, -0.05) is 63.8 Å². The van der Waals surface area contributed by atoms with Crippen LogP contribution in [0.4, 0.5) is 0 Å². The summed E-state index contributed by atoms with van der Waals surface area (Å²) in [4.78, 5) is 0. The molecule has 1 heteroatoms. The number of allylic oxidation sites excluding steroid dienone is 1. The van der Waals surface area contributed by atoms with Crippen LogP contribution in [0.1, 0.15) is 96.5 Å². The molecule has 0 spiro atoms.